The fourth-order valence-electron chi connectivity index (χ4n) is 1.44. The van der Waals surface area contributed by atoms with Gasteiger partial charge in [0.15, 0.2) is 0 Å². The smallest absolute Gasteiger partial charge is 0.336 e. The van der Waals surface area contributed by atoms with E-state index in [1.165, 1.54) is 18.2 Å². The van der Waals surface area contributed by atoms with E-state index in [4.69, 9.17) is 5.11 Å². The Bertz CT molecular complexity index is 567. The van der Waals surface area contributed by atoms with E-state index >= 15 is 0 Å². The first-order chi connectivity index (χ1) is 8.73. The topological polar surface area (TPSA) is 95.5 Å². The summed E-state index contributed by atoms with van der Waals surface area (Å²) in [5, 5.41) is 8.97. The molecule has 0 bridgehead atoms. The second kappa shape index (κ2) is 6.03. The lowest BCUT2D eigenvalue weighted by Crippen LogP contribution is -2.33. The Balaban J connectivity index is 2.94. The second-order valence-corrected chi connectivity index (χ2v) is 6.13. The minimum absolute atomic E-state index is 0.0732. The van der Waals surface area contributed by atoms with Crippen LogP contribution < -0.4 is 9.44 Å². The standard InChI is InChI=1S/C12H18N2O4S/c1-8(2)7-13-19(17,18)14-11-6-4-5-10(9(11)3)12(15)16/h4-6,8,13-14H,7H2,1-3H3,(H,15,16). The van der Waals surface area contributed by atoms with Crippen molar-refractivity contribution in [3.05, 3.63) is 29.3 Å². The highest BCUT2D eigenvalue weighted by Gasteiger charge is 2.15. The zero-order valence-corrected chi connectivity index (χ0v) is 11.9. The number of carboxylic acid groups (broad SMARTS) is 1. The van der Waals surface area contributed by atoms with Crippen molar-refractivity contribution in [2.75, 3.05) is 11.3 Å². The van der Waals surface area contributed by atoms with Crippen LogP contribution in [-0.2, 0) is 10.2 Å². The van der Waals surface area contributed by atoms with Gasteiger partial charge in [-0.3, -0.25) is 4.72 Å². The van der Waals surface area contributed by atoms with Crippen molar-refractivity contribution >= 4 is 21.9 Å². The van der Waals surface area contributed by atoms with Gasteiger partial charge in [-0.25, -0.2) is 4.79 Å². The first-order valence-corrected chi connectivity index (χ1v) is 7.31. The summed E-state index contributed by atoms with van der Waals surface area (Å²) in [7, 11) is -3.69. The zero-order valence-electron chi connectivity index (χ0n) is 11.1. The molecule has 0 spiro atoms. The molecule has 0 aliphatic rings. The van der Waals surface area contributed by atoms with Crippen LogP contribution in [0.2, 0.25) is 0 Å². The molecular weight excluding hydrogens is 268 g/mol. The average Bonchev–Trinajstić information content (AvgIpc) is 2.29. The molecule has 3 N–H and O–H groups in total. The summed E-state index contributed by atoms with van der Waals surface area (Å²) in [6, 6.07) is 4.45. The molecule has 6 nitrogen and oxygen atoms in total. The van der Waals surface area contributed by atoms with Crippen molar-refractivity contribution in [3.8, 4) is 0 Å². The third-order valence-electron chi connectivity index (χ3n) is 2.49. The molecule has 0 aliphatic heterocycles. The van der Waals surface area contributed by atoms with E-state index in [9.17, 15) is 13.2 Å². The molecule has 0 radical (unpaired) electrons. The summed E-state index contributed by atoms with van der Waals surface area (Å²) in [5.74, 6) is -0.906. The predicted molar refractivity (Wildman–Crippen MR) is 73.5 cm³/mol. The van der Waals surface area contributed by atoms with Crippen LogP contribution in [0.4, 0.5) is 5.69 Å². The maximum Gasteiger partial charge on any atom is 0.336 e. The maximum atomic E-state index is 11.8. The predicted octanol–water partition coefficient (Wildman–Crippen LogP) is 1.60. The number of rotatable bonds is 6. The van der Waals surface area contributed by atoms with E-state index in [1.807, 2.05) is 13.8 Å². The minimum atomic E-state index is -3.69. The summed E-state index contributed by atoms with van der Waals surface area (Å²) in [5.41, 5.74) is 0.713. The van der Waals surface area contributed by atoms with E-state index in [-0.39, 0.29) is 17.2 Å². The Morgan fingerprint density at radius 1 is 1.37 bits per heavy atom. The lowest BCUT2D eigenvalue weighted by atomic mass is 10.1. The van der Waals surface area contributed by atoms with Crippen LogP contribution in [0.15, 0.2) is 18.2 Å². The highest BCUT2D eigenvalue weighted by molar-refractivity contribution is 7.90. The number of hydrogen-bond acceptors (Lipinski definition) is 3. The minimum Gasteiger partial charge on any atom is -0.478 e. The van der Waals surface area contributed by atoms with Crippen LogP contribution in [-0.4, -0.2) is 26.0 Å². The molecule has 0 atom stereocenters. The lowest BCUT2D eigenvalue weighted by molar-refractivity contribution is 0.0696. The van der Waals surface area contributed by atoms with Gasteiger partial charge >= 0.3 is 5.97 Å². The SMILES string of the molecule is Cc1c(NS(=O)(=O)NCC(C)C)cccc1C(=O)O. The van der Waals surface area contributed by atoms with Gasteiger partial charge < -0.3 is 5.11 Å². The highest BCUT2D eigenvalue weighted by atomic mass is 32.2. The number of nitrogens with one attached hydrogen (secondary N) is 2. The van der Waals surface area contributed by atoms with Crippen molar-refractivity contribution in [1.82, 2.24) is 4.72 Å². The number of carbonyl (C=O) groups is 1. The van der Waals surface area contributed by atoms with Crippen molar-refractivity contribution in [2.45, 2.75) is 20.8 Å². The summed E-state index contributed by atoms with van der Waals surface area (Å²) in [4.78, 5) is 11.0. The second-order valence-electron chi connectivity index (χ2n) is 4.63. The highest BCUT2D eigenvalue weighted by Crippen LogP contribution is 2.19. The van der Waals surface area contributed by atoms with Crippen molar-refractivity contribution in [3.63, 3.8) is 0 Å². The van der Waals surface area contributed by atoms with Gasteiger partial charge in [-0.15, -0.1) is 0 Å². The molecule has 0 fully saturated rings. The molecule has 0 saturated carbocycles. The molecule has 0 saturated heterocycles. The van der Waals surface area contributed by atoms with E-state index in [2.05, 4.69) is 9.44 Å². The van der Waals surface area contributed by atoms with E-state index in [1.54, 1.807) is 6.92 Å². The Hall–Kier alpha value is -1.60. The first-order valence-electron chi connectivity index (χ1n) is 5.83. The molecule has 0 unspecified atom stereocenters. The number of anilines is 1. The summed E-state index contributed by atoms with van der Waals surface area (Å²) >= 11 is 0. The molecule has 0 aromatic heterocycles. The van der Waals surface area contributed by atoms with Crippen molar-refractivity contribution in [2.24, 2.45) is 5.92 Å². The normalized spacial score (nSPS) is 11.6. The van der Waals surface area contributed by atoms with Crippen LogP contribution in [0, 0.1) is 12.8 Å². The third kappa shape index (κ3) is 4.53. The Kier molecular flexibility index (Phi) is 4.90. The van der Waals surface area contributed by atoms with Gasteiger partial charge in [0.1, 0.15) is 0 Å². The molecule has 1 aromatic carbocycles. The zero-order chi connectivity index (χ0) is 14.6. The van der Waals surface area contributed by atoms with Gasteiger partial charge in [0.2, 0.25) is 0 Å². The fourth-order valence-corrected chi connectivity index (χ4v) is 2.57. The Morgan fingerprint density at radius 3 is 2.53 bits per heavy atom. The molecular formula is C12H18N2O4S. The van der Waals surface area contributed by atoms with E-state index in [0.29, 0.717) is 12.1 Å². The van der Waals surface area contributed by atoms with Crippen LogP contribution in [0.5, 0.6) is 0 Å². The van der Waals surface area contributed by atoms with Gasteiger partial charge in [0.25, 0.3) is 10.2 Å². The number of aromatic carboxylic acids is 1. The molecule has 1 rings (SSSR count). The Labute approximate surface area is 113 Å². The van der Waals surface area contributed by atoms with Gasteiger partial charge in [-0.2, -0.15) is 13.1 Å². The Morgan fingerprint density at radius 2 is 2.00 bits per heavy atom. The van der Waals surface area contributed by atoms with Gasteiger partial charge in [-0.1, -0.05) is 19.9 Å². The van der Waals surface area contributed by atoms with Gasteiger partial charge in [0.05, 0.1) is 11.3 Å². The number of hydrogen-bond donors (Lipinski definition) is 3. The molecule has 7 heteroatoms. The molecule has 1 aromatic rings. The van der Waals surface area contributed by atoms with Crippen LogP contribution >= 0.6 is 0 Å². The van der Waals surface area contributed by atoms with Crippen molar-refractivity contribution < 1.29 is 18.3 Å². The molecule has 19 heavy (non-hydrogen) atoms. The first kappa shape index (κ1) is 15.5. The maximum absolute atomic E-state index is 11.8. The summed E-state index contributed by atoms with van der Waals surface area (Å²) < 4.78 is 28.3. The molecule has 0 aliphatic carbocycles. The van der Waals surface area contributed by atoms with Crippen molar-refractivity contribution in [1.29, 1.82) is 0 Å². The van der Waals surface area contributed by atoms with Crippen LogP contribution in [0.1, 0.15) is 29.8 Å². The monoisotopic (exact) mass is 286 g/mol. The van der Waals surface area contributed by atoms with E-state index in [0.717, 1.165) is 0 Å². The lowest BCUT2D eigenvalue weighted by Gasteiger charge is -2.13. The van der Waals surface area contributed by atoms with Gasteiger partial charge in [0, 0.05) is 6.54 Å². The summed E-state index contributed by atoms with van der Waals surface area (Å²) in [6.07, 6.45) is 0. The van der Waals surface area contributed by atoms with E-state index < -0.39 is 16.2 Å². The third-order valence-corrected chi connectivity index (χ3v) is 3.53. The molecule has 0 heterocycles. The number of carboxylic acids is 1. The van der Waals surface area contributed by atoms with Crippen LogP contribution in [0.3, 0.4) is 0 Å². The summed E-state index contributed by atoms with van der Waals surface area (Å²) in [6.45, 7) is 5.65. The average molecular weight is 286 g/mol. The largest absolute Gasteiger partial charge is 0.478 e. The number of benzene rings is 1. The van der Waals surface area contributed by atoms with Gasteiger partial charge in [-0.05, 0) is 30.5 Å². The fraction of sp³-hybridized carbons (Fsp3) is 0.417. The quantitative estimate of drug-likeness (QED) is 0.740. The molecule has 106 valence electrons. The van der Waals surface area contributed by atoms with Crippen LogP contribution in [0.25, 0.3) is 0 Å². The molecule has 0 amide bonds.